The van der Waals surface area contributed by atoms with Crippen molar-refractivity contribution in [2.45, 2.75) is 12.5 Å². The summed E-state index contributed by atoms with van der Waals surface area (Å²) in [5, 5.41) is 2.06. The summed E-state index contributed by atoms with van der Waals surface area (Å²) in [5.74, 6) is -7.27. The molecule has 0 aliphatic heterocycles. The molecule has 0 bridgehead atoms. The van der Waals surface area contributed by atoms with Crippen molar-refractivity contribution in [3.63, 3.8) is 0 Å². The van der Waals surface area contributed by atoms with E-state index in [1.54, 1.807) is 0 Å². The Labute approximate surface area is 202 Å². The third-order valence-corrected chi connectivity index (χ3v) is 4.50. The van der Waals surface area contributed by atoms with Crippen molar-refractivity contribution in [1.29, 1.82) is 0 Å². The molecule has 2 aromatic carbocycles. The lowest BCUT2D eigenvalue weighted by Gasteiger charge is -2.18. The standard InChI is InChI=1S/C22H14F7N3O5/c1-35-11-2-4-14(16(9-11)37-22(27,28)29)36-15-5-3-12(21(24,25)26)18(23)17(15)20(34)32-10-6-7-31-13(8-10)19(30)33/h2-9H,1H3,(H2,30,33)(H,31,32,34). The fraction of sp³-hybridized carbons (Fsp3) is 0.136. The molecule has 0 atom stereocenters. The number of nitrogens with two attached hydrogens (primary N) is 1. The summed E-state index contributed by atoms with van der Waals surface area (Å²) in [5.41, 5.74) is 1.40. The van der Waals surface area contributed by atoms with E-state index in [1.165, 1.54) is 0 Å². The van der Waals surface area contributed by atoms with Crippen LogP contribution in [0.5, 0.6) is 23.0 Å². The SMILES string of the molecule is COc1ccc(Oc2ccc(C(F)(F)F)c(F)c2C(=O)Nc2ccnc(C(N)=O)c2)c(OC(F)(F)F)c1. The first-order chi connectivity index (χ1) is 17.2. The molecule has 3 aromatic rings. The first kappa shape index (κ1) is 27.0. The van der Waals surface area contributed by atoms with E-state index in [0.717, 1.165) is 43.6 Å². The van der Waals surface area contributed by atoms with Gasteiger partial charge >= 0.3 is 12.5 Å². The number of primary amides is 1. The molecular formula is C22H14F7N3O5. The quantitative estimate of drug-likeness (QED) is 0.399. The van der Waals surface area contributed by atoms with Gasteiger partial charge < -0.3 is 25.3 Å². The van der Waals surface area contributed by atoms with Gasteiger partial charge in [0.15, 0.2) is 17.3 Å². The Balaban J connectivity index is 2.10. The van der Waals surface area contributed by atoms with E-state index >= 15 is 4.39 Å². The number of hydrogen-bond acceptors (Lipinski definition) is 6. The molecular weight excluding hydrogens is 519 g/mol. The van der Waals surface area contributed by atoms with Crippen LogP contribution in [-0.4, -0.2) is 30.3 Å². The number of nitrogens with one attached hydrogen (secondary N) is 1. The molecule has 8 nitrogen and oxygen atoms in total. The highest BCUT2D eigenvalue weighted by Gasteiger charge is 2.38. The largest absolute Gasteiger partial charge is 0.573 e. The molecule has 0 radical (unpaired) electrons. The number of carbonyl (C=O) groups is 2. The second-order valence-electron chi connectivity index (χ2n) is 7.01. The number of amides is 2. The third-order valence-electron chi connectivity index (χ3n) is 4.50. The fourth-order valence-electron chi connectivity index (χ4n) is 2.93. The second kappa shape index (κ2) is 10.2. The van der Waals surface area contributed by atoms with Gasteiger partial charge in [-0.25, -0.2) is 4.39 Å². The molecule has 3 rings (SSSR count). The van der Waals surface area contributed by atoms with Crippen LogP contribution in [0, 0.1) is 5.82 Å². The number of pyridine rings is 1. The Morgan fingerprint density at radius 2 is 1.62 bits per heavy atom. The van der Waals surface area contributed by atoms with Gasteiger partial charge in [-0.2, -0.15) is 13.2 Å². The highest BCUT2D eigenvalue weighted by atomic mass is 19.4. The number of alkyl halides is 6. The van der Waals surface area contributed by atoms with Crippen molar-refractivity contribution in [3.05, 3.63) is 71.3 Å². The number of ether oxygens (including phenoxy) is 3. The molecule has 37 heavy (non-hydrogen) atoms. The van der Waals surface area contributed by atoms with Gasteiger partial charge in [-0.05, 0) is 36.4 Å². The fourth-order valence-corrected chi connectivity index (χ4v) is 2.93. The molecule has 0 fully saturated rings. The summed E-state index contributed by atoms with van der Waals surface area (Å²) in [6.07, 6.45) is -9.42. The van der Waals surface area contributed by atoms with Crippen molar-refractivity contribution in [2.75, 3.05) is 12.4 Å². The molecule has 0 spiro atoms. The molecule has 0 aliphatic rings. The van der Waals surface area contributed by atoms with Gasteiger partial charge in [-0.1, -0.05) is 0 Å². The molecule has 1 heterocycles. The molecule has 1 aromatic heterocycles. The van der Waals surface area contributed by atoms with Gasteiger partial charge in [-0.15, -0.1) is 13.2 Å². The van der Waals surface area contributed by atoms with Gasteiger partial charge in [0.25, 0.3) is 11.8 Å². The van der Waals surface area contributed by atoms with Gasteiger partial charge in [0, 0.05) is 18.0 Å². The Morgan fingerprint density at radius 1 is 0.946 bits per heavy atom. The van der Waals surface area contributed by atoms with E-state index in [4.69, 9.17) is 15.2 Å². The summed E-state index contributed by atoms with van der Waals surface area (Å²) < 4.78 is 107. The van der Waals surface area contributed by atoms with Crippen LogP contribution in [0.25, 0.3) is 0 Å². The molecule has 0 unspecified atom stereocenters. The van der Waals surface area contributed by atoms with Crippen molar-refractivity contribution >= 4 is 17.5 Å². The first-order valence-electron chi connectivity index (χ1n) is 9.78. The van der Waals surface area contributed by atoms with Crippen LogP contribution in [0.2, 0.25) is 0 Å². The lowest BCUT2D eigenvalue weighted by Crippen LogP contribution is -2.20. The number of anilines is 1. The zero-order valence-electron chi connectivity index (χ0n) is 18.3. The average molecular weight is 533 g/mol. The number of rotatable bonds is 7. The van der Waals surface area contributed by atoms with Crippen molar-refractivity contribution in [2.24, 2.45) is 5.73 Å². The Morgan fingerprint density at radius 3 is 2.22 bits per heavy atom. The third kappa shape index (κ3) is 6.56. The topological polar surface area (TPSA) is 113 Å². The van der Waals surface area contributed by atoms with Gasteiger partial charge in [-0.3, -0.25) is 14.6 Å². The van der Waals surface area contributed by atoms with E-state index < -0.39 is 58.5 Å². The number of halogens is 7. The van der Waals surface area contributed by atoms with Crippen LogP contribution in [0.15, 0.2) is 48.7 Å². The number of benzene rings is 2. The lowest BCUT2D eigenvalue weighted by molar-refractivity contribution is -0.275. The summed E-state index contributed by atoms with van der Waals surface area (Å²) in [6.45, 7) is 0. The zero-order chi connectivity index (χ0) is 27.5. The van der Waals surface area contributed by atoms with E-state index in [-0.39, 0.29) is 23.2 Å². The van der Waals surface area contributed by atoms with Crippen LogP contribution >= 0.6 is 0 Å². The first-order valence-corrected chi connectivity index (χ1v) is 9.78. The zero-order valence-corrected chi connectivity index (χ0v) is 18.3. The number of carbonyl (C=O) groups excluding carboxylic acids is 2. The van der Waals surface area contributed by atoms with Crippen molar-refractivity contribution in [3.8, 4) is 23.0 Å². The minimum absolute atomic E-state index is 0.105. The molecule has 0 aliphatic carbocycles. The molecule has 0 saturated carbocycles. The van der Waals surface area contributed by atoms with E-state index in [2.05, 4.69) is 15.0 Å². The van der Waals surface area contributed by atoms with Gasteiger partial charge in [0.05, 0.1) is 12.7 Å². The summed E-state index contributed by atoms with van der Waals surface area (Å²) in [4.78, 5) is 27.8. The Kier molecular flexibility index (Phi) is 7.45. The molecule has 196 valence electrons. The Hall–Kier alpha value is -4.56. The van der Waals surface area contributed by atoms with Gasteiger partial charge in [0.2, 0.25) is 0 Å². The summed E-state index contributed by atoms with van der Waals surface area (Å²) in [7, 11) is 1.14. The Bertz CT molecular complexity index is 1340. The molecule has 0 saturated heterocycles. The van der Waals surface area contributed by atoms with E-state index in [1.807, 2.05) is 0 Å². The maximum atomic E-state index is 15.0. The predicted molar refractivity (Wildman–Crippen MR) is 112 cm³/mol. The van der Waals surface area contributed by atoms with E-state index in [0.29, 0.717) is 6.07 Å². The van der Waals surface area contributed by atoms with E-state index in [9.17, 15) is 35.9 Å². The number of methoxy groups -OCH3 is 1. The van der Waals surface area contributed by atoms with Crippen LogP contribution in [0.1, 0.15) is 26.4 Å². The van der Waals surface area contributed by atoms with Crippen LogP contribution in [-0.2, 0) is 6.18 Å². The maximum absolute atomic E-state index is 15.0. The lowest BCUT2D eigenvalue weighted by atomic mass is 10.1. The summed E-state index contributed by atoms with van der Waals surface area (Å²) >= 11 is 0. The average Bonchev–Trinajstić information content (AvgIpc) is 2.78. The normalized spacial score (nSPS) is 11.6. The number of nitrogens with zero attached hydrogens (tertiary/aromatic N) is 1. The van der Waals surface area contributed by atoms with Gasteiger partial charge in [0.1, 0.15) is 22.8 Å². The minimum Gasteiger partial charge on any atom is -0.497 e. The predicted octanol–water partition coefficient (Wildman–Crippen LogP) is 5.29. The van der Waals surface area contributed by atoms with Crippen molar-refractivity contribution in [1.82, 2.24) is 4.98 Å². The smallest absolute Gasteiger partial charge is 0.497 e. The summed E-state index contributed by atoms with van der Waals surface area (Å²) in [6, 6.07) is 5.66. The van der Waals surface area contributed by atoms with Crippen LogP contribution in [0.3, 0.4) is 0 Å². The van der Waals surface area contributed by atoms with Crippen LogP contribution < -0.4 is 25.3 Å². The maximum Gasteiger partial charge on any atom is 0.573 e. The minimum atomic E-state index is -5.24. The highest BCUT2D eigenvalue weighted by Crippen LogP contribution is 2.41. The molecule has 15 heteroatoms. The second-order valence-corrected chi connectivity index (χ2v) is 7.01. The number of aromatic nitrogens is 1. The van der Waals surface area contributed by atoms with Crippen LogP contribution in [0.4, 0.5) is 36.4 Å². The highest BCUT2D eigenvalue weighted by molar-refractivity contribution is 6.07. The van der Waals surface area contributed by atoms with Crippen molar-refractivity contribution < 1.29 is 54.5 Å². The number of hydrogen-bond donors (Lipinski definition) is 2. The molecule has 2 amide bonds. The molecule has 3 N–H and O–H groups in total. The monoisotopic (exact) mass is 533 g/mol.